The quantitative estimate of drug-likeness (QED) is 0.801. The summed E-state index contributed by atoms with van der Waals surface area (Å²) in [6, 6.07) is 5.39. The van der Waals surface area contributed by atoms with Crippen molar-refractivity contribution >= 4 is 34.9 Å². The number of nitrogens with one attached hydrogen (secondary N) is 1. The van der Waals surface area contributed by atoms with Crippen molar-refractivity contribution in [3.05, 3.63) is 34.4 Å². The van der Waals surface area contributed by atoms with Crippen molar-refractivity contribution < 1.29 is 4.42 Å². The third-order valence-electron chi connectivity index (χ3n) is 2.44. The van der Waals surface area contributed by atoms with Gasteiger partial charge in [0.15, 0.2) is 5.69 Å². The summed E-state index contributed by atoms with van der Waals surface area (Å²) in [5, 5.41) is 19.1. The molecule has 0 atom stereocenters. The lowest BCUT2D eigenvalue weighted by molar-refractivity contribution is 0.585. The van der Waals surface area contributed by atoms with Gasteiger partial charge in [-0.05, 0) is 12.1 Å². The molecule has 3 aromatic rings. The molecule has 0 saturated heterocycles. The predicted molar refractivity (Wildman–Crippen MR) is 74.0 cm³/mol. The van der Waals surface area contributed by atoms with Crippen molar-refractivity contribution in [2.45, 2.75) is 0 Å². The van der Waals surface area contributed by atoms with Crippen LogP contribution in [0.25, 0.3) is 11.6 Å². The van der Waals surface area contributed by atoms with Crippen molar-refractivity contribution in [2.75, 3.05) is 5.32 Å². The number of benzene rings is 1. The van der Waals surface area contributed by atoms with Gasteiger partial charge in [-0.1, -0.05) is 39.6 Å². The van der Waals surface area contributed by atoms with Gasteiger partial charge in [-0.15, -0.1) is 10.2 Å². The Labute approximate surface area is 123 Å². The fourth-order valence-electron chi connectivity index (χ4n) is 1.54. The second-order valence-electron chi connectivity index (χ2n) is 3.92. The fourth-order valence-corrected chi connectivity index (χ4v) is 1.89. The van der Waals surface area contributed by atoms with Gasteiger partial charge >= 0.3 is 6.01 Å². The first-order valence-corrected chi connectivity index (χ1v) is 6.30. The Balaban J connectivity index is 1.86. The molecule has 0 saturated carbocycles. The molecule has 0 aliphatic rings. The summed E-state index contributed by atoms with van der Waals surface area (Å²) < 4.78 is 6.97. The van der Waals surface area contributed by atoms with E-state index in [4.69, 9.17) is 27.6 Å². The molecule has 0 aliphatic heterocycles. The van der Waals surface area contributed by atoms with E-state index in [-0.39, 0.29) is 11.9 Å². The van der Waals surface area contributed by atoms with Crippen LogP contribution in [0.3, 0.4) is 0 Å². The zero-order valence-corrected chi connectivity index (χ0v) is 11.7. The van der Waals surface area contributed by atoms with Gasteiger partial charge < -0.3 is 9.73 Å². The third kappa shape index (κ3) is 2.45. The van der Waals surface area contributed by atoms with Crippen LogP contribution in [0, 0.1) is 0 Å². The Kier molecular flexibility index (Phi) is 3.29. The van der Waals surface area contributed by atoms with Gasteiger partial charge in [0.25, 0.3) is 5.89 Å². The molecule has 0 spiro atoms. The van der Waals surface area contributed by atoms with Crippen LogP contribution >= 0.6 is 23.2 Å². The molecule has 2 aromatic heterocycles. The van der Waals surface area contributed by atoms with Crippen molar-refractivity contribution in [1.82, 2.24) is 25.2 Å². The summed E-state index contributed by atoms with van der Waals surface area (Å²) in [6.07, 6.45) is 1.67. The number of aryl methyl sites for hydroxylation is 1. The highest BCUT2D eigenvalue weighted by atomic mass is 35.5. The molecule has 0 unspecified atom stereocenters. The van der Waals surface area contributed by atoms with E-state index < -0.39 is 0 Å². The Morgan fingerprint density at radius 3 is 2.80 bits per heavy atom. The molecule has 1 aromatic carbocycles. The predicted octanol–water partition coefficient (Wildman–Crippen LogP) is 2.92. The van der Waals surface area contributed by atoms with E-state index in [0.717, 1.165) is 0 Å². The van der Waals surface area contributed by atoms with Crippen LogP contribution in [-0.4, -0.2) is 25.2 Å². The third-order valence-corrected chi connectivity index (χ3v) is 3.26. The van der Waals surface area contributed by atoms with Crippen LogP contribution in [0.4, 0.5) is 11.7 Å². The zero-order valence-electron chi connectivity index (χ0n) is 10.2. The normalized spacial score (nSPS) is 10.8. The Bertz CT molecular complexity index is 753. The molecule has 7 nitrogen and oxygen atoms in total. The summed E-state index contributed by atoms with van der Waals surface area (Å²) in [4.78, 5) is 0. The van der Waals surface area contributed by atoms with Gasteiger partial charge in [0, 0.05) is 7.05 Å². The first-order chi connectivity index (χ1) is 9.63. The van der Waals surface area contributed by atoms with Gasteiger partial charge in [-0.3, -0.25) is 4.68 Å². The molecule has 9 heteroatoms. The molecular formula is C11H8Cl2N6O. The van der Waals surface area contributed by atoms with Crippen LogP contribution < -0.4 is 5.32 Å². The number of hydrogen-bond acceptors (Lipinski definition) is 6. The van der Waals surface area contributed by atoms with Crippen LogP contribution in [0.2, 0.25) is 10.0 Å². The average molecular weight is 311 g/mol. The Morgan fingerprint density at radius 2 is 2.05 bits per heavy atom. The molecule has 3 rings (SSSR count). The minimum atomic E-state index is 0.190. The highest BCUT2D eigenvalue weighted by molar-refractivity contribution is 6.43. The smallest absolute Gasteiger partial charge is 0.320 e. The number of hydrogen-bond donors (Lipinski definition) is 1. The molecule has 0 aliphatic carbocycles. The van der Waals surface area contributed by atoms with Gasteiger partial charge in [-0.2, -0.15) is 0 Å². The molecule has 0 fully saturated rings. The van der Waals surface area contributed by atoms with E-state index in [1.54, 1.807) is 36.1 Å². The van der Waals surface area contributed by atoms with Crippen molar-refractivity contribution in [3.63, 3.8) is 0 Å². The minimum Gasteiger partial charge on any atom is -0.401 e. The molecule has 1 N–H and O–H groups in total. The van der Waals surface area contributed by atoms with E-state index in [1.165, 1.54) is 0 Å². The van der Waals surface area contributed by atoms with Crippen molar-refractivity contribution in [2.24, 2.45) is 7.05 Å². The second kappa shape index (κ2) is 5.10. The number of anilines is 2. The summed E-state index contributed by atoms with van der Waals surface area (Å²) in [5.41, 5.74) is 1.07. The monoisotopic (exact) mass is 310 g/mol. The minimum absolute atomic E-state index is 0.190. The molecule has 0 radical (unpaired) electrons. The molecule has 20 heavy (non-hydrogen) atoms. The van der Waals surface area contributed by atoms with E-state index >= 15 is 0 Å². The van der Waals surface area contributed by atoms with Crippen LogP contribution in [-0.2, 0) is 7.05 Å². The Hall–Kier alpha value is -2.12. The van der Waals surface area contributed by atoms with Gasteiger partial charge in [0.2, 0.25) is 0 Å². The van der Waals surface area contributed by atoms with Crippen molar-refractivity contribution in [1.29, 1.82) is 0 Å². The number of halogens is 2. The molecule has 2 heterocycles. The zero-order chi connectivity index (χ0) is 14.1. The first kappa shape index (κ1) is 12.9. The van der Waals surface area contributed by atoms with Crippen LogP contribution in [0.1, 0.15) is 0 Å². The van der Waals surface area contributed by atoms with Crippen LogP contribution in [0.5, 0.6) is 0 Å². The summed E-state index contributed by atoms with van der Waals surface area (Å²) in [6.45, 7) is 0. The summed E-state index contributed by atoms with van der Waals surface area (Å²) >= 11 is 12.0. The van der Waals surface area contributed by atoms with E-state index in [0.29, 0.717) is 21.4 Å². The Morgan fingerprint density at radius 1 is 1.20 bits per heavy atom. The maximum absolute atomic E-state index is 6.06. The van der Waals surface area contributed by atoms with Crippen molar-refractivity contribution in [3.8, 4) is 11.6 Å². The lowest BCUT2D eigenvalue weighted by Crippen LogP contribution is -1.91. The van der Waals surface area contributed by atoms with E-state index in [9.17, 15) is 0 Å². The number of nitrogens with zero attached hydrogens (tertiary/aromatic N) is 5. The highest BCUT2D eigenvalue weighted by Gasteiger charge is 2.13. The topological polar surface area (TPSA) is 81.7 Å². The SMILES string of the molecule is Cn1cc(-c2nnc(Nc3cccc(Cl)c3Cl)o2)nn1. The lowest BCUT2D eigenvalue weighted by Gasteiger charge is -2.04. The first-order valence-electron chi connectivity index (χ1n) is 5.55. The molecule has 0 amide bonds. The average Bonchev–Trinajstić information content (AvgIpc) is 3.04. The standard InChI is InChI=1S/C11H8Cl2N6O/c1-19-5-8(15-18-19)10-16-17-11(20-10)14-7-4-2-3-6(12)9(7)13/h2-5H,1H3,(H,14,17). The molecular weight excluding hydrogens is 303 g/mol. The lowest BCUT2D eigenvalue weighted by atomic mass is 10.3. The van der Waals surface area contributed by atoms with Gasteiger partial charge in [-0.25, -0.2) is 0 Å². The van der Waals surface area contributed by atoms with Crippen LogP contribution in [0.15, 0.2) is 28.8 Å². The maximum Gasteiger partial charge on any atom is 0.320 e. The number of rotatable bonds is 3. The maximum atomic E-state index is 6.06. The van der Waals surface area contributed by atoms with Gasteiger partial charge in [0.1, 0.15) is 0 Å². The fraction of sp³-hybridized carbons (Fsp3) is 0.0909. The molecule has 0 bridgehead atoms. The summed E-state index contributed by atoms with van der Waals surface area (Å²) in [7, 11) is 1.75. The number of aromatic nitrogens is 5. The highest BCUT2D eigenvalue weighted by Crippen LogP contribution is 2.31. The summed E-state index contributed by atoms with van der Waals surface area (Å²) in [5.74, 6) is 0.263. The second-order valence-corrected chi connectivity index (χ2v) is 4.70. The van der Waals surface area contributed by atoms with Gasteiger partial charge in [0.05, 0.1) is 21.9 Å². The van der Waals surface area contributed by atoms with E-state index in [2.05, 4.69) is 25.8 Å². The molecule has 102 valence electrons. The largest absolute Gasteiger partial charge is 0.401 e. The van der Waals surface area contributed by atoms with E-state index in [1.807, 2.05) is 0 Å².